The maximum absolute atomic E-state index is 13.6. The molecule has 0 spiro atoms. The number of aryl methyl sites for hydroxylation is 1. The highest BCUT2D eigenvalue weighted by atomic mass is 19.1. The Morgan fingerprint density at radius 2 is 1.94 bits per heavy atom. The van der Waals surface area contributed by atoms with Crippen LogP contribution >= 0.6 is 0 Å². The zero-order chi connectivity index (χ0) is 22.9. The number of rotatable bonds is 7. The number of methoxy groups -OCH3 is 1. The Morgan fingerprint density at radius 1 is 1.23 bits per heavy atom. The van der Waals surface area contributed by atoms with Crippen LogP contribution in [-0.2, 0) is 6.42 Å². The van der Waals surface area contributed by atoms with Gasteiger partial charge in [0.15, 0.2) is 0 Å². The number of carboxylic acid groups (broad SMARTS) is 1. The van der Waals surface area contributed by atoms with Gasteiger partial charge in [-0.2, -0.15) is 0 Å². The van der Waals surface area contributed by atoms with Gasteiger partial charge in [-0.3, -0.25) is 4.79 Å². The molecule has 1 aromatic heterocycles. The Balaban J connectivity index is 2.29. The number of pyridine rings is 1. The van der Waals surface area contributed by atoms with Gasteiger partial charge in [-0.25, -0.2) is 9.18 Å². The standard InChI is InChI=1S/C24H26FNO5/c1-13(2)21(12-27)26-11-18(24(29)30)23(28)17-9-16(22(31-4)10-20(17)26)8-15-5-6-19(25)14(3)7-15/h5-7,9-11,13,21,27H,8,12H2,1-4H3,(H,29,30)/t21-/m1/s1. The summed E-state index contributed by atoms with van der Waals surface area (Å²) in [6.45, 7) is 5.28. The van der Waals surface area contributed by atoms with E-state index in [2.05, 4.69) is 0 Å². The van der Waals surface area contributed by atoms with Gasteiger partial charge in [0.05, 0.1) is 25.3 Å². The molecule has 1 atom stereocenters. The molecule has 0 unspecified atom stereocenters. The Morgan fingerprint density at radius 3 is 2.48 bits per heavy atom. The van der Waals surface area contributed by atoms with Gasteiger partial charge in [0.25, 0.3) is 0 Å². The van der Waals surface area contributed by atoms with Crippen molar-refractivity contribution in [2.24, 2.45) is 5.92 Å². The molecule has 0 saturated heterocycles. The van der Waals surface area contributed by atoms with Crippen molar-refractivity contribution in [3.63, 3.8) is 0 Å². The Kier molecular flexibility index (Phi) is 6.45. The molecule has 1 heterocycles. The van der Waals surface area contributed by atoms with Crippen molar-refractivity contribution >= 4 is 16.9 Å². The number of nitrogens with zero attached hydrogens (tertiary/aromatic N) is 1. The number of ether oxygens (including phenoxy) is 1. The second-order valence-electron chi connectivity index (χ2n) is 8.02. The summed E-state index contributed by atoms with van der Waals surface area (Å²) in [4.78, 5) is 24.7. The third-order valence-electron chi connectivity index (χ3n) is 5.60. The van der Waals surface area contributed by atoms with Crippen LogP contribution in [0.3, 0.4) is 0 Å². The lowest BCUT2D eigenvalue weighted by Gasteiger charge is -2.25. The van der Waals surface area contributed by atoms with Gasteiger partial charge in [0, 0.05) is 24.1 Å². The summed E-state index contributed by atoms with van der Waals surface area (Å²) in [6, 6.07) is 7.69. The third-order valence-corrected chi connectivity index (χ3v) is 5.60. The number of halogens is 1. The quantitative estimate of drug-likeness (QED) is 0.596. The number of benzene rings is 2. The van der Waals surface area contributed by atoms with Crippen molar-refractivity contribution in [1.82, 2.24) is 4.57 Å². The predicted molar refractivity (Wildman–Crippen MR) is 117 cm³/mol. The molecule has 7 heteroatoms. The van der Waals surface area contributed by atoms with Crippen LogP contribution in [0.1, 0.15) is 46.9 Å². The van der Waals surface area contributed by atoms with Crippen molar-refractivity contribution in [2.75, 3.05) is 13.7 Å². The first-order valence-electron chi connectivity index (χ1n) is 10.0. The average Bonchev–Trinajstić information content (AvgIpc) is 2.72. The Bertz CT molecular complexity index is 1200. The summed E-state index contributed by atoms with van der Waals surface area (Å²) in [5.74, 6) is -1.11. The number of hydrogen-bond donors (Lipinski definition) is 2. The minimum absolute atomic E-state index is 0.00907. The highest BCUT2D eigenvalue weighted by Gasteiger charge is 2.22. The highest BCUT2D eigenvalue weighted by Crippen LogP contribution is 2.30. The van der Waals surface area contributed by atoms with E-state index in [-0.39, 0.29) is 29.3 Å². The molecule has 2 aromatic carbocycles. The minimum atomic E-state index is -1.33. The van der Waals surface area contributed by atoms with Gasteiger partial charge in [0.1, 0.15) is 17.1 Å². The van der Waals surface area contributed by atoms with E-state index in [0.717, 1.165) is 5.56 Å². The predicted octanol–water partition coefficient (Wildman–Crippen LogP) is 3.94. The summed E-state index contributed by atoms with van der Waals surface area (Å²) < 4.78 is 20.8. The number of aliphatic hydroxyl groups is 1. The molecule has 0 amide bonds. The molecule has 0 fully saturated rings. The normalized spacial score (nSPS) is 12.4. The fraction of sp³-hybridized carbons (Fsp3) is 0.333. The van der Waals surface area contributed by atoms with Crippen molar-refractivity contribution in [3.8, 4) is 5.75 Å². The number of aromatic carboxylic acids is 1. The first-order chi connectivity index (χ1) is 14.7. The van der Waals surface area contributed by atoms with Crippen molar-refractivity contribution in [3.05, 3.63) is 74.8 Å². The van der Waals surface area contributed by atoms with Gasteiger partial charge in [0.2, 0.25) is 5.43 Å². The van der Waals surface area contributed by atoms with Crippen LogP contribution in [0.25, 0.3) is 10.9 Å². The molecule has 0 saturated carbocycles. The molecule has 0 aliphatic rings. The molecule has 0 radical (unpaired) electrons. The average molecular weight is 427 g/mol. The molecule has 3 rings (SSSR count). The van der Waals surface area contributed by atoms with Crippen LogP contribution in [-0.4, -0.2) is 34.5 Å². The van der Waals surface area contributed by atoms with E-state index < -0.39 is 17.4 Å². The van der Waals surface area contributed by atoms with Gasteiger partial charge in [-0.15, -0.1) is 0 Å². The molecular formula is C24H26FNO5. The second kappa shape index (κ2) is 8.89. The lowest BCUT2D eigenvalue weighted by Crippen LogP contribution is -2.25. The molecule has 2 N–H and O–H groups in total. The summed E-state index contributed by atoms with van der Waals surface area (Å²) in [7, 11) is 1.51. The maximum atomic E-state index is 13.6. The first-order valence-corrected chi connectivity index (χ1v) is 10.0. The Hall–Kier alpha value is -3.19. The van der Waals surface area contributed by atoms with E-state index in [9.17, 15) is 24.2 Å². The fourth-order valence-electron chi connectivity index (χ4n) is 3.83. The van der Waals surface area contributed by atoms with Crippen molar-refractivity contribution in [1.29, 1.82) is 0 Å². The largest absolute Gasteiger partial charge is 0.496 e. The van der Waals surface area contributed by atoms with Crippen molar-refractivity contribution in [2.45, 2.75) is 33.2 Å². The third kappa shape index (κ3) is 4.32. The Labute approximate surface area is 179 Å². The minimum Gasteiger partial charge on any atom is -0.496 e. The van der Waals surface area contributed by atoms with Crippen molar-refractivity contribution < 1.29 is 24.1 Å². The number of fused-ring (bicyclic) bond motifs is 1. The van der Waals surface area contributed by atoms with Crippen LogP contribution in [0.15, 0.2) is 41.3 Å². The maximum Gasteiger partial charge on any atom is 0.341 e. The van der Waals surface area contributed by atoms with Gasteiger partial charge >= 0.3 is 5.97 Å². The van der Waals surface area contributed by atoms with Crippen LogP contribution in [0, 0.1) is 18.7 Å². The first kappa shape index (κ1) is 22.5. The van der Waals surface area contributed by atoms with Gasteiger partial charge < -0.3 is 19.5 Å². The van der Waals surface area contributed by atoms with Crippen LogP contribution in [0.4, 0.5) is 4.39 Å². The van der Waals surface area contributed by atoms with E-state index in [1.165, 1.54) is 19.4 Å². The molecule has 31 heavy (non-hydrogen) atoms. The summed E-state index contributed by atoms with van der Waals surface area (Å²) in [5.41, 5.74) is 1.55. The lowest BCUT2D eigenvalue weighted by atomic mass is 9.98. The topological polar surface area (TPSA) is 88.8 Å². The SMILES string of the molecule is COc1cc2c(cc1Cc1ccc(F)c(C)c1)c(=O)c(C(=O)O)cn2[C@H](CO)C(C)C. The number of aromatic nitrogens is 1. The molecule has 164 valence electrons. The molecule has 0 aliphatic heterocycles. The van der Waals surface area contributed by atoms with E-state index in [0.29, 0.717) is 28.8 Å². The number of hydrogen-bond acceptors (Lipinski definition) is 4. The number of carbonyl (C=O) groups is 1. The fourth-order valence-corrected chi connectivity index (χ4v) is 3.83. The van der Waals surface area contributed by atoms with E-state index in [4.69, 9.17) is 4.74 Å². The van der Waals surface area contributed by atoms with Crippen LogP contribution in [0.2, 0.25) is 0 Å². The smallest absolute Gasteiger partial charge is 0.341 e. The molecule has 3 aromatic rings. The number of aliphatic hydroxyl groups excluding tert-OH is 1. The summed E-state index contributed by atoms with van der Waals surface area (Å²) >= 11 is 0. The highest BCUT2D eigenvalue weighted by molar-refractivity contribution is 5.93. The van der Waals surface area contributed by atoms with Gasteiger partial charge in [-0.1, -0.05) is 26.0 Å². The van der Waals surface area contributed by atoms with E-state index in [1.54, 1.807) is 35.8 Å². The zero-order valence-electron chi connectivity index (χ0n) is 18.0. The monoisotopic (exact) mass is 427 g/mol. The van der Waals surface area contributed by atoms with Crippen LogP contribution < -0.4 is 10.2 Å². The summed E-state index contributed by atoms with van der Waals surface area (Å²) in [6.07, 6.45) is 1.67. The molecule has 0 bridgehead atoms. The van der Waals surface area contributed by atoms with E-state index in [1.807, 2.05) is 13.8 Å². The number of carboxylic acids is 1. The van der Waals surface area contributed by atoms with E-state index >= 15 is 0 Å². The molecule has 0 aliphatic carbocycles. The lowest BCUT2D eigenvalue weighted by molar-refractivity contribution is 0.0694. The molecule has 6 nitrogen and oxygen atoms in total. The summed E-state index contributed by atoms with van der Waals surface area (Å²) in [5, 5.41) is 19.7. The zero-order valence-corrected chi connectivity index (χ0v) is 18.0. The molecular weight excluding hydrogens is 401 g/mol. The van der Waals surface area contributed by atoms with Crippen LogP contribution in [0.5, 0.6) is 5.75 Å². The van der Waals surface area contributed by atoms with Gasteiger partial charge in [-0.05, 0) is 41.7 Å². The second-order valence-corrected chi connectivity index (χ2v) is 8.02.